The fourth-order valence-electron chi connectivity index (χ4n) is 2.41. The fourth-order valence-corrected chi connectivity index (χ4v) is 2.41. The van der Waals surface area contributed by atoms with Crippen LogP contribution < -0.4 is 5.32 Å². The van der Waals surface area contributed by atoms with E-state index in [0.29, 0.717) is 12.0 Å². The topological polar surface area (TPSA) is 69.6 Å². The molecular formula is C18H21NO3. The van der Waals surface area contributed by atoms with Gasteiger partial charge in [0.1, 0.15) is 5.75 Å². The minimum atomic E-state index is -0.363. The van der Waals surface area contributed by atoms with Crippen LogP contribution in [0.1, 0.15) is 27.0 Å². The van der Waals surface area contributed by atoms with Gasteiger partial charge in [-0.25, -0.2) is 0 Å². The minimum Gasteiger partial charge on any atom is -0.508 e. The van der Waals surface area contributed by atoms with Gasteiger partial charge in [-0.05, 0) is 49.6 Å². The first-order valence-corrected chi connectivity index (χ1v) is 7.26. The molecule has 2 aromatic rings. The molecule has 0 heterocycles. The van der Waals surface area contributed by atoms with Crippen molar-refractivity contribution in [3.05, 3.63) is 64.7 Å². The summed E-state index contributed by atoms with van der Waals surface area (Å²) >= 11 is 0. The molecule has 0 bridgehead atoms. The molecule has 4 nitrogen and oxygen atoms in total. The summed E-state index contributed by atoms with van der Waals surface area (Å²) in [5, 5.41) is 21.6. The molecule has 0 fully saturated rings. The van der Waals surface area contributed by atoms with Crippen LogP contribution in [0.2, 0.25) is 0 Å². The Morgan fingerprint density at radius 3 is 2.41 bits per heavy atom. The van der Waals surface area contributed by atoms with E-state index in [0.717, 1.165) is 16.7 Å². The zero-order valence-corrected chi connectivity index (χ0v) is 12.8. The average Bonchev–Trinajstić information content (AvgIpc) is 2.48. The van der Waals surface area contributed by atoms with Gasteiger partial charge in [0.2, 0.25) is 0 Å². The molecule has 0 aliphatic carbocycles. The van der Waals surface area contributed by atoms with Crippen LogP contribution in [-0.4, -0.2) is 28.8 Å². The molecule has 4 heteroatoms. The molecule has 2 aromatic carbocycles. The van der Waals surface area contributed by atoms with Crippen molar-refractivity contribution in [1.82, 2.24) is 5.32 Å². The number of aliphatic hydroxyl groups is 1. The summed E-state index contributed by atoms with van der Waals surface area (Å²) in [5.74, 6) is 0.0129. The molecule has 0 aromatic heterocycles. The molecule has 0 aliphatic heterocycles. The van der Waals surface area contributed by atoms with E-state index in [1.807, 2.05) is 26.0 Å². The monoisotopic (exact) mass is 299 g/mol. The van der Waals surface area contributed by atoms with Crippen molar-refractivity contribution < 1.29 is 15.0 Å². The van der Waals surface area contributed by atoms with E-state index in [-0.39, 0.29) is 24.3 Å². The van der Waals surface area contributed by atoms with Gasteiger partial charge in [0.25, 0.3) is 5.91 Å². The number of phenolic OH excluding ortho intramolecular Hbond substituents is 1. The number of aryl methyl sites for hydroxylation is 2. The average molecular weight is 299 g/mol. The Hall–Kier alpha value is -2.33. The maximum Gasteiger partial charge on any atom is 0.251 e. The van der Waals surface area contributed by atoms with Gasteiger partial charge in [0.15, 0.2) is 0 Å². The number of carbonyl (C=O) groups excluding carboxylic acids is 1. The number of nitrogens with one attached hydrogen (secondary N) is 1. The van der Waals surface area contributed by atoms with Crippen LogP contribution in [-0.2, 0) is 6.42 Å². The molecule has 0 spiro atoms. The van der Waals surface area contributed by atoms with Gasteiger partial charge >= 0.3 is 0 Å². The second-order valence-electron chi connectivity index (χ2n) is 5.54. The first kappa shape index (κ1) is 16.0. The highest BCUT2D eigenvalue weighted by Crippen LogP contribution is 2.13. The van der Waals surface area contributed by atoms with Gasteiger partial charge < -0.3 is 15.5 Å². The highest BCUT2D eigenvalue weighted by molar-refractivity contribution is 5.95. The Balaban J connectivity index is 2.06. The number of phenols is 1. The number of rotatable bonds is 5. The van der Waals surface area contributed by atoms with Crippen molar-refractivity contribution in [2.24, 2.45) is 0 Å². The Morgan fingerprint density at radius 1 is 1.14 bits per heavy atom. The molecule has 0 saturated carbocycles. The van der Waals surface area contributed by atoms with Gasteiger partial charge in [0.05, 0.1) is 12.6 Å². The molecule has 3 N–H and O–H groups in total. The fraction of sp³-hybridized carbons (Fsp3) is 0.278. The second-order valence-corrected chi connectivity index (χ2v) is 5.54. The molecule has 2 rings (SSSR count). The molecule has 116 valence electrons. The first-order valence-electron chi connectivity index (χ1n) is 7.26. The number of carbonyl (C=O) groups is 1. The summed E-state index contributed by atoms with van der Waals surface area (Å²) in [6.07, 6.45) is 0.507. The number of aliphatic hydroxyl groups excluding tert-OH is 1. The van der Waals surface area contributed by atoms with E-state index >= 15 is 0 Å². The van der Waals surface area contributed by atoms with Crippen LogP contribution in [0.3, 0.4) is 0 Å². The normalized spacial score (nSPS) is 12.0. The van der Waals surface area contributed by atoms with Crippen LogP contribution >= 0.6 is 0 Å². The predicted octanol–water partition coefficient (Wildman–Crippen LogP) is 2.34. The van der Waals surface area contributed by atoms with Gasteiger partial charge in [-0.3, -0.25) is 4.79 Å². The maximum absolute atomic E-state index is 12.3. The van der Waals surface area contributed by atoms with E-state index in [2.05, 4.69) is 5.32 Å². The maximum atomic E-state index is 12.3. The Morgan fingerprint density at radius 2 is 1.82 bits per heavy atom. The zero-order valence-electron chi connectivity index (χ0n) is 12.8. The van der Waals surface area contributed by atoms with Gasteiger partial charge in [-0.1, -0.05) is 29.8 Å². The summed E-state index contributed by atoms with van der Waals surface area (Å²) in [4.78, 5) is 12.3. The molecule has 0 radical (unpaired) electrons. The third-order valence-corrected chi connectivity index (χ3v) is 3.60. The van der Waals surface area contributed by atoms with Crippen LogP contribution in [0.25, 0.3) is 0 Å². The van der Waals surface area contributed by atoms with Crippen LogP contribution in [0.5, 0.6) is 5.75 Å². The van der Waals surface area contributed by atoms with Crippen molar-refractivity contribution in [2.45, 2.75) is 26.3 Å². The predicted molar refractivity (Wildman–Crippen MR) is 86.1 cm³/mol. The third kappa shape index (κ3) is 4.09. The lowest BCUT2D eigenvalue weighted by atomic mass is 10.0. The Labute approximate surface area is 130 Å². The van der Waals surface area contributed by atoms with E-state index in [1.54, 1.807) is 30.3 Å². The molecule has 0 saturated heterocycles. The number of amides is 1. The smallest absolute Gasteiger partial charge is 0.251 e. The van der Waals surface area contributed by atoms with Crippen LogP contribution in [0.15, 0.2) is 42.5 Å². The largest absolute Gasteiger partial charge is 0.508 e. The summed E-state index contributed by atoms with van der Waals surface area (Å²) in [6.45, 7) is 3.74. The molecule has 1 atom stereocenters. The highest BCUT2D eigenvalue weighted by Gasteiger charge is 2.15. The molecule has 0 aliphatic rings. The lowest BCUT2D eigenvalue weighted by Crippen LogP contribution is -2.39. The number of aromatic hydroxyl groups is 1. The second kappa shape index (κ2) is 7.09. The van der Waals surface area contributed by atoms with E-state index in [9.17, 15) is 15.0 Å². The van der Waals surface area contributed by atoms with Crippen molar-refractivity contribution in [1.29, 1.82) is 0 Å². The van der Waals surface area contributed by atoms with Crippen molar-refractivity contribution in [3.8, 4) is 5.75 Å². The summed E-state index contributed by atoms with van der Waals surface area (Å²) < 4.78 is 0. The summed E-state index contributed by atoms with van der Waals surface area (Å²) in [6, 6.07) is 12.0. The number of hydrogen-bond donors (Lipinski definition) is 3. The highest BCUT2D eigenvalue weighted by atomic mass is 16.3. The zero-order chi connectivity index (χ0) is 16.1. The lowest BCUT2D eigenvalue weighted by molar-refractivity contribution is 0.0916. The standard InChI is InChI=1S/C18H21NO3/c1-12-3-8-17(13(2)9-12)18(22)19-15(11-20)10-14-4-6-16(21)7-5-14/h3-9,15,20-21H,10-11H2,1-2H3,(H,19,22)/t15-/m0/s1. The van der Waals surface area contributed by atoms with Gasteiger partial charge in [0, 0.05) is 5.56 Å². The summed E-state index contributed by atoms with van der Waals surface area (Å²) in [7, 11) is 0. The van der Waals surface area contributed by atoms with E-state index < -0.39 is 0 Å². The quantitative estimate of drug-likeness (QED) is 0.793. The van der Waals surface area contributed by atoms with Crippen molar-refractivity contribution in [3.63, 3.8) is 0 Å². The van der Waals surface area contributed by atoms with E-state index in [1.165, 1.54) is 0 Å². The lowest BCUT2D eigenvalue weighted by Gasteiger charge is -2.17. The van der Waals surface area contributed by atoms with Crippen molar-refractivity contribution >= 4 is 5.91 Å². The summed E-state index contributed by atoms with van der Waals surface area (Å²) in [5.41, 5.74) is 3.59. The molecule has 0 unspecified atom stereocenters. The minimum absolute atomic E-state index is 0.141. The van der Waals surface area contributed by atoms with Crippen LogP contribution in [0, 0.1) is 13.8 Å². The molecule has 22 heavy (non-hydrogen) atoms. The van der Waals surface area contributed by atoms with Gasteiger partial charge in [-0.15, -0.1) is 0 Å². The SMILES string of the molecule is Cc1ccc(C(=O)N[C@H](CO)Cc2ccc(O)cc2)c(C)c1. The number of benzene rings is 2. The third-order valence-electron chi connectivity index (χ3n) is 3.60. The van der Waals surface area contributed by atoms with Crippen molar-refractivity contribution in [2.75, 3.05) is 6.61 Å². The first-order chi connectivity index (χ1) is 10.5. The molecular weight excluding hydrogens is 278 g/mol. The van der Waals surface area contributed by atoms with Gasteiger partial charge in [-0.2, -0.15) is 0 Å². The van der Waals surface area contributed by atoms with Crippen LogP contribution in [0.4, 0.5) is 0 Å². The Kier molecular flexibility index (Phi) is 5.17. The number of hydrogen-bond acceptors (Lipinski definition) is 3. The van der Waals surface area contributed by atoms with E-state index in [4.69, 9.17) is 0 Å². The Bertz CT molecular complexity index is 650. The molecule has 1 amide bonds.